The molecule has 1 aromatic carbocycles. The van der Waals surface area contributed by atoms with E-state index in [2.05, 4.69) is 5.32 Å². The average Bonchev–Trinajstić information content (AvgIpc) is 0.753. The van der Waals surface area contributed by atoms with Crippen LogP contribution in [-0.2, 0) is 224 Å². The smallest absolute Gasteiger partial charge is 0.338 e. The van der Waals surface area contributed by atoms with Crippen LogP contribution in [0.3, 0.4) is 0 Å². The number of hydrogen-bond donors (Lipinski definition) is 1. The number of ether oxygens (including phenoxy) is 29. The zero-order chi connectivity index (χ0) is 97.7. The van der Waals surface area contributed by atoms with E-state index in [-0.39, 0.29) is 5.56 Å². The molecule has 30 atom stereocenters. The summed E-state index contributed by atoms with van der Waals surface area (Å²) >= 11 is 0. The molecule has 6 aliphatic rings. The standard InChI is InChI=1S/C82H109NO48/c1-32-57(109-39(8)90)64(113-43(12)94)69(116-46(15)97)76(108-32)130-72-67(125-74(101)50-25-23-22-24-26-50)59(111-41(10)92)52(28-104-35(4)86)123-80(72)128-63-56(83-33(2)84)75(120-51(27-103-34(3)85)58(63)110-40(9)91)129-68-60(112-42(11)93)53(29-105-36(5)87)122-79(71(68)118-48(17)99)126-61-55(31-107-38(7)89)124-78(70(117-47(16)98)65(61)114-44(13)95)127-62-54(30-106-37(6)88)121-77(119-49(18)100)73(66(62)115-45(14)96)131-81(102)82(19,20)21/h22-26,32,51-73,75-80H,27-31H2,1-21H3,(H,83,84)/t32-,51+,52+,53+,54+,55+,56+,57+,58-,59-,60-,61-,62+,63+,64+,65-,66-,67-,68-,69-,70+,71+,72+,73+,75-,76-,77?,78-,79+,80-/m0/s1. The number of amides is 1. The first-order chi connectivity index (χ1) is 61.3. The summed E-state index contributed by atoms with van der Waals surface area (Å²) in [5, 5.41) is 2.57. The van der Waals surface area contributed by atoms with E-state index in [1.54, 1.807) is 0 Å². The van der Waals surface area contributed by atoms with Crippen molar-refractivity contribution in [2.45, 2.75) is 330 Å². The van der Waals surface area contributed by atoms with Gasteiger partial charge in [-0.1, -0.05) is 18.2 Å². The van der Waals surface area contributed by atoms with Gasteiger partial charge in [0.25, 0.3) is 0 Å². The minimum atomic E-state index is -2.49. The summed E-state index contributed by atoms with van der Waals surface area (Å²) in [5.74, 6) is -21.4. The minimum absolute atomic E-state index is 0.212. The summed E-state index contributed by atoms with van der Waals surface area (Å²) in [6.07, 6.45) is -62.0. The summed E-state index contributed by atoms with van der Waals surface area (Å²) < 4.78 is 176. The predicted octanol–water partition coefficient (Wildman–Crippen LogP) is -0.335. The van der Waals surface area contributed by atoms with Gasteiger partial charge in [0.2, 0.25) is 18.3 Å². The van der Waals surface area contributed by atoms with E-state index in [0.29, 0.717) is 0 Å². The number of hydrogen-bond acceptors (Lipinski definition) is 48. The van der Waals surface area contributed by atoms with Crippen LogP contribution in [0.5, 0.6) is 0 Å². The second-order valence-corrected chi connectivity index (χ2v) is 31.4. The highest BCUT2D eigenvalue weighted by Crippen LogP contribution is 2.43. The summed E-state index contributed by atoms with van der Waals surface area (Å²) in [5.41, 5.74) is -1.59. The molecule has 0 saturated carbocycles. The predicted molar refractivity (Wildman–Crippen MR) is 415 cm³/mol. The van der Waals surface area contributed by atoms with Crippen LogP contribution in [0.1, 0.15) is 156 Å². The van der Waals surface area contributed by atoms with Gasteiger partial charge in [0.15, 0.2) is 105 Å². The molecule has 1 aromatic rings. The van der Waals surface area contributed by atoms with E-state index in [1.807, 2.05) is 0 Å². The molecule has 6 aliphatic heterocycles. The van der Waals surface area contributed by atoms with Crippen LogP contribution >= 0.6 is 0 Å². The maximum absolute atomic E-state index is 14.8. The molecule has 0 aliphatic carbocycles. The number of rotatable bonds is 35. The largest absolute Gasteiger partial charge is 0.463 e. The third kappa shape index (κ3) is 31.2. The quantitative estimate of drug-likeness (QED) is 0.0671. The van der Waals surface area contributed by atoms with Crippen molar-refractivity contribution in [1.82, 2.24) is 5.32 Å². The van der Waals surface area contributed by atoms with Gasteiger partial charge < -0.3 is 143 Å². The Bertz CT molecular complexity index is 4260. The Labute approximate surface area is 748 Å². The first kappa shape index (κ1) is 107. The highest BCUT2D eigenvalue weighted by Gasteiger charge is 2.65. The van der Waals surface area contributed by atoms with Crippen molar-refractivity contribution in [3.05, 3.63) is 35.9 Å². The lowest BCUT2D eigenvalue weighted by Crippen LogP contribution is -2.72. The van der Waals surface area contributed by atoms with Crippen LogP contribution in [0, 0.1) is 5.41 Å². The van der Waals surface area contributed by atoms with Crippen LogP contribution in [-0.4, -0.2) is 331 Å². The maximum Gasteiger partial charge on any atom is 0.338 e. The van der Waals surface area contributed by atoms with Crippen molar-refractivity contribution in [2.75, 3.05) is 33.0 Å². The second kappa shape index (κ2) is 48.2. The van der Waals surface area contributed by atoms with Gasteiger partial charge in [0, 0.05) is 118 Å². The van der Waals surface area contributed by atoms with Gasteiger partial charge in [-0.25, -0.2) is 4.79 Å². The molecule has 0 bridgehead atoms. The van der Waals surface area contributed by atoms with Crippen molar-refractivity contribution in [1.29, 1.82) is 0 Å². The van der Waals surface area contributed by atoms with Gasteiger partial charge in [-0.2, -0.15) is 0 Å². The van der Waals surface area contributed by atoms with E-state index < -0.39 is 336 Å². The molecule has 1 amide bonds. The molecule has 1 unspecified atom stereocenters. The van der Waals surface area contributed by atoms with Gasteiger partial charge in [-0.05, 0) is 39.8 Å². The van der Waals surface area contributed by atoms with Crippen LogP contribution in [0.4, 0.5) is 0 Å². The van der Waals surface area contributed by atoms with E-state index in [1.165, 1.54) is 58.0 Å². The molecule has 131 heavy (non-hydrogen) atoms. The number of esters is 18. The molecule has 0 radical (unpaired) electrons. The fourth-order valence-electron chi connectivity index (χ4n) is 14.4. The fourth-order valence-corrected chi connectivity index (χ4v) is 14.4. The SMILES string of the molecule is CC(=O)N[C@H]1[C@H](O[C@H]2[C@@H](OC(C)=O)[C@@H](COC(C)=O)O[C@H](O[C@@H]3[C@H](OC(C)=O)[C@@H](OC(C)=O)[C@H](O[C@H]4[C@H](OC(C)=O)[C@@H](OC(=O)C(C)(C)C)C(OC(C)=O)O[C@@H]4COC(C)=O)O[C@@H]3COC(C)=O)[C@@H]2OC(C)=O)O[C@H](COC(C)=O)[C@H](OC(C)=O)[C@@H]1O[C@@H]1O[C@H](COC(C)=O)[C@H](OC(C)=O)[C@H](OC(=O)c2ccccc2)[C@H]1O[C@@H]1O[C@@H](C)[C@@H](OC(C)=O)[C@@H](OC(C)=O)[C@@H]1OC(C)=O. The lowest BCUT2D eigenvalue weighted by atomic mass is 9.93. The van der Waals surface area contributed by atoms with Crippen molar-refractivity contribution < 1.29 is 228 Å². The molecular weight excluding hydrogens is 1770 g/mol. The second-order valence-electron chi connectivity index (χ2n) is 31.4. The highest BCUT2D eigenvalue weighted by atomic mass is 16.8. The lowest BCUT2D eigenvalue weighted by Gasteiger charge is -2.52. The molecule has 0 aromatic heterocycles. The summed E-state index contributed by atoms with van der Waals surface area (Å²) in [6, 6.07) is 4.68. The topological polar surface area (TPSA) is 604 Å². The molecular formula is C82H109NO48. The zero-order valence-corrected chi connectivity index (χ0v) is 75.3. The Hall–Kier alpha value is -11.3. The molecule has 49 heteroatoms. The molecule has 6 saturated heterocycles. The summed E-state index contributed by atoms with van der Waals surface area (Å²) in [4.78, 5) is 257. The Morgan fingerprint density at radius 2 is 0.519 bits per heavy atom. The van der Waals surface area contributed by atoms with Crippen LogP contribution in [0.25, 0.3) is 0 Å². The third-order valence-electron chi connectivity index (χ3n) is 19.2. The Morgan fingerprint density at radius 3 is 0.878 bits per heavy atom. The molecule has 730 valence electrons. The van der Waals surface area contributed by atoms with E-state index in [0.717, 1.165) is 118 Å². The Kier molecular flexibility index (Phi) is 39.3. The van der Waals surface area contributed by atoms with Crippen LogP contribution in [0.2, 0.25) is 0 Å². The first-order valence-corrected chi connectivity index (χ1v) is 40.8. The number of benzene rings is 1. The lowest BCUT2D eigenvalue weighted by molar-refractivity contribution is -0.393. The fraction of sp³-hybridized carbons (Fsp3) is 0.695. The highest BCUT2D eigenvalue weighted by molar-refractivity contribution is 5.89. The average molecular weight is 1880 g/mol. The minimum Gasteiger partial charge on any atom is -0.463 e. The number of nitrogens with one attached hydrogen (secondary N) is 1. The van der Waals surface area contributed by atoms with Crippen LogP contribution < -0.4 is 5.32 Å². The third-order valence-corrected chi connectivity index (χ3v) is 19.2. The van der Waals surface area contributed by atoms with Gasteiger partial charge in [-0.15, -0.1) is 0 Å². The Balaban J connectivity index is 1.51. The maximum atomic E-state index is 14.8. The van der Waals surface area contributed by atoms with Crippen molar-refractivity contribution in [3.63, 3.8) is 0 Å². The van der Waals surface area contributed by atoms with E-state index in [9.17, 15) is 91.1 Å². The van der Waals surface area contributed by atoms with Crippen molar-refractivity contribution in [2.24, 2.45) is 5.41 Å². The molecule has 49 nitrogen and oxygen atoms in total. The molecule has 1 N–H and O–H groups in total. The molecule has 0 spiro atoms. The van der Waals surface area contributed by atoms with Gasteiger partial charge >= 0.3 is 107 Å². The number of carbonyl (C=O) groups excluding carboxylic acids is 19. The molecule has 6 heterocycles. The van der Waals surface area contributed by atoms with Gasteiger partial charge in [0.05, 0.1) is 17.1 Å². The van der Waals surface area contributed by atoms with E-state index in [4.69, 9.17) is 137 Å². The van der Waals surface area contributed by atoms with Crippen LogP contribution in [0.15, 0.2) is 30.3 Å². The summed E-state index contributed by atoms with van der Waals surface area (Å²) in [7, 11) is 0. The van der Waals surface area contributed by atoms with E-state index >= 15 is 0 Å². The molecule has 7 rings (SSSR count). The molecule has 6 fully saturated rings. The number of carbonyl (C=O) groups is 19. The zero-order valence-electron chi connectivity index (χ0n) is 75.3. The summed E-state index contributed by atoms with van der Waals surface area (Å²) in [6.45, 7) is 15.9. The normalized spacial score (nSPS) is 32.1. The van der Waals surface area contributed by atoms with Crippen molar-refractivity contribution >= 4 is 113 Å². The van der Waals surface area contributed by atoms with Crippen molar-refractivity contribution in [3.8, 4) is 0 Å². The van der Waals surface area contributed by atoms with Gasteiger partial charge in [-0.3, -0.25) is 86.3 Å². The monoisotopic (exact) mass is 1880 g/mol. The Morgan fingerprint density at radius 1 is 0.260 bits per heavy atom. The van der Waals surface area contributed by atoms with Gasteiger partial charge in [0.1, 0.15) is 94.0 Å². The first-order valence-electron chi connectivity index (χ1n) is 40.8.